The second-order valence-electron chi connectivity index (χ2n) is 8.15. The molecule has 0 bridgehead atoms. The molecule has 5 rings (SSSR count). The first kappa shape index (κ1) is 19.3. The van der Waals surface area contributed by atoms with Crippen LogP contribution in [0, 0.1) is 0 Å². The molecule has 3 aromatic heterocycles. The van der Waals surface area contributed by atoms with Gasteiger partial charge in [0, 0.05) is 44.5 Å². The maximum atomic E-state index is 12.8. The molecule has 1 amide bonds. The third kappa shape index (κ3) is 3.62. The number of amides is 1. The number of piperidine rings is 2. The number of anilines is 1. The Kier molecular flexibility index (Phi) is 5.29. The summed E-state index contributed by atoms with van der Waals surface area (Å²) >= 11 is 6.61. The predicted molar refractivity (Wildman–Crippen MR) is 116 cm³/mol. The van der Waals surface area contributed by atoms with Gasteiger partial charge in [-0.1, -0.05) is 17.7 Å². The Morgan fingerprint density at radius 3 is 2.77 bits per heavy atom. The van der Waals surface area contributed by atoms with Crippen LogP contribution in [0.2, 0.25) is 5.02 Å². The highest BCUT2D eigenvalue weighted by Crippen LogP contribution is 2.32. The maximum Gasteiger partial charge on any atom is 0.255 e. The van der Waals surface area contributed by atoms with E-state index in [0.29, 0.717) is 10.6 Å². The number of carbonyl (C=O) groups excluding carboxylic acids is 1. The van der Waals surface area contributed by atoms with E-state index in [1.807, 2.05) is 29.3 Å². The topological polar surface area (TPSA) is 66.6 Å². The molecule has 156 valence electrons. The highest BCUT2D eigenvalue weighted by molar-refractivity contribution is 6.33. The van der Waals surface area contributed by atoms with Crippen LogP contribution < -0.4 is 4.90 Å². The van der Waals surface area contributed by atoms with E-state index in [9.17, 15) is 4.79 Å². The Labute approximate surface area is 180 Å². The lowest BCUT2D eigenvalue weighted by molar-refractivity contribution is 0.0724. The number of carbonyl (C=O) groups is 1. The van der Waals surface area contributed by atoms with Crippen LogP contribution >= 0.6 is 11.6 Å². The molecule has 2 aliphatic heterocycles. The largest absolute Gasteiger partial charge is 0.355 e. The number of fused-ring (bicyclic) bond motifs is 1. The fourth-order valence-electron chi connectivity index (χ4n) is 4.58. The van der Waals surface area contributed by atoms with Crippen molar-refractivity contribution in [3.05, 3.63) is 53.1 Å². The van der Waals surface area contributed by atoms with Crippen molar-refractivity contribution in [1.29, 1.82) is 0 Å². The lowest BCUT2D eigenvalue weighted by atomic mass is 9.97. The number of nitrogens with zero attached hydrogens (tertiary/aromatic N) is 6. The van der Waals surface area contributed by atoms with Crippen LogP contribution in [-0.2, 0) is 0 Å². The molecule has 30 heavy (non-hydrogen) atoms. The number of hydrogen-bond acceptors (Lipinski definition) is 5. The van der Waals surface area contributed by atoms with Gasteiger partial charge in [0.05, 0.1) is 10.6 Å². The van der Waals surface area contributed by atoms with Gasteiger partial charge in [-0.05, 0) is 50.3 Å². The summed E-state index contributed by atoms with van der Waals surface area (Å²) in [4.78, 5) is 21.5. The van der Waals surface area contributed by atoms with Crippen molar-refractivity contribution in [3.63, 3.8) is 0 Å². The highest BCUT2D eigenvalue weighted by atomic mass is 35.5. The molecule has 5 heterocycles. The molecule has 8 heteroatoms. The lowest BCUT2D eigenvalue weighted by Gasteiger charge is -2.33. The van der Waals surface area contributed by atoms with Crippen LogP contribution in [0.1, 0.15) is 54.2 Å². The smallest absolute Gasteiger partial charge is 0.255 e. The van der Waals surface area contributed by atoms with Gasteiger partial charge >= 0.3 is 0 Å². The standard InChI is InChI=1S/C22H25ClN6O/c23-18-13-17(22(30)27-9-3-1-4-10-27)14-24-21(18)28-11-6-7-16(15-28)20-26-25-19-8-2-5-12-29(19)20/h2,5,8,12-14,16H,1,3-4,6-7,9-11,15H2. The van der Waals surface area contributed by atoms with Crippen molar-refractivity contribution in [2.45, 2.75) is 38.0 Å². The van der Waals surface area contributed by atoms with Crippen molar-refractivity contribution in [1.82, 2.24) is 24.5 Å². The molecular formula is C22H25ClN6O. The Bertz CT molecular complexity index is 1060. The molecule has 3 aromatic rings. The number of halogens is 1. The molecular weight excluding hydrogens is 400 g/mol. The van der Waals surface area contributed by atoms with Gasteiger partial charge in [-0.15, -0.1) is 10.2 Å². The van der Waals surface area contributed by atoms with Gasteiger partial charge in [-0.2, -0.15) is 0 Å². The normalized spacial score (nSPS) is 20.0. The molecule has 0 aliphatic carbocycles. The molecule has 1 unspecified atom stereocenters. The van der Waals surface area contributed by atoms with Crippen molar-refractivity contribution < 1.29 is 4.79 Å². The maximum absolute atomic E-state index is 12.8. The van der Waals surface area contributed by atoms with E-state index in [1.165, 1.54) is 6.42 Å². The van der Waals surface area contributed by atoms with Crippen LogP contribution in [0.15, 0.2) is 36.7 Å². The first-order valence-electron chi connectivity index (χ1n) is 10.7. The van der Waals surface area contributed by atoms with E-state index in [-0.39, 0.29) is 11.8 Å². The molecule has 2 aliphatic rings. The van der Waals surface area contributed by atoms with Crippen molar-refractivity contribution in [2.75, 3.05) is 31.1 Å². The van der Waals surface area contributed by atoms with Crippen LogP contribution in [-0.4, -0.2) is 56.6 Å². The first-order valence-corrected chi connectivity index (χ1v) is 11.1. The second kappa shape index (κ2) is 8.22. The summed E-state index contributed by atoms with van der Waals surface area (Å²) in [6.07, 6.45) is 9.09. The minimum absolute atomic E-state index is 0.0297. The molecule has 7 nitrogen and oxygen atoms in total. The van der Waals surface area contributed by atoms with E-state index in [1.54, 1.807) is 12.3 Å². The highest BCUT2D eigenvalue weighted by Gasteiger charge is 2.28. The van der Waals surface area contributed by atoms with E-state index >= 15 is 0 Å². The molecule has 0 aromatic carbocycles. The Balaban J connectivity index is 1.35. The van der Waals surface area contributed by atoms with E-state index in [0.717, 1.165) is 69.2 Å². The third-order valence-corrected chi connectivity index (χ3v) is 6.42. The van der Waals surface area contributed by atoms with Gasteiger partial charge in [0.15, 0.2) is 5.65 Å². The number of pyridine rings is 2. The zero-order valence-electron chi connectivity index (χ0n) is 16.9. The molecule has 0 spiro atoms. The van der Waals surface area contributed by atoms with Crippen molar-refractivity contribution in [2.24, 2.45) is 0 Å². The van der Waals surface area contributed by atoms with Gasteiger partial charge in [0.1, 0.15) is 11.6 Å². The fraction of sp³-hybridized carbons (Fsp3) is 0.455. The Hall–Kier alpha value is -2.67. The second-order valence-corrected chi connectivity index (χ2v) is 8.56. The monoisotopic (exact) mass is 424 g/mol. The summed E-state index contributed by atoms with van der Waals surface area (Å²) < 4.78 is 2.06. The quantitative estimate of drug-likeness (QED) is 0.640. The zero-order chi connectivity index (χ0) is 20.5. The Morgan fingerprint density at radius 2 is 1.93 bits per heavy atom. The van der Waals surface area contributed by atoms with Gasteiger partial charge in [-0.3, -0.25) is 9.20 Å². The molecule has 0 saturated carbocycles. The number of hydrogen-bond donors (Lipinski definition) is 0. The summed E-state index contributed by atoms with van der Waals surface area (Å²) in [5, 5.41) is 9.27. The zero-order valence-corrected chi connectivity index (χ0v) is 17.6. The van der Waals surface area contributed by atoms with Crippen LogP contribution in [0.3, 0.4) is 0 Å². The van der Waals surface area contributed by atoms with Crippen LogP contribution in [0.4, 0.5) is 5.82 Å². The predicted octanol–water partition coefficient (Wildman–Crippen LogP) is 3.79. The minimum atomic E-state index is 0.0297. The number of aromatic nitrogens is 4. The summed E-state index contributed by atoms with van der Waals surface area (Å²) in [7, 11) is 0. The summed E-state index contributed by atoms with van der Waals surface area (Å²) in [6.45, 7) is 3.30. The van der Waals surface area contributed by atoms with Crippen molar-refractivity contribution in [3.8, 4) is 0 Å². The van der Waals surface area contributed by atoms with Gasteiger partial charge in [0.2, 0.25) is 0 Å². The minimum Gasteiger partial charge on any atom is -0.355 e. The van der Waals surface area contributed by atoms with Crippen molar-refractivity contribution >= 4 is 29.0 Å². The molecule has 2 fully saturated rings. The molecule has 2 saturated heterocycles. The fourth-order valence-corrected chi connectivity index (χ4v) is 4.86. The number of rotatable bonds is 3. The van der Waals surface area contributed by atoms with Gasteiger partial charge < -0.3 is 9.80 Å². The SMILES string of the molecule is O=C(c1cnc(N2CCCC(c3nnc4ccccn34)C2)c(Cl)c1)N1CCCCC1. The average Bonchev–Trinajstić information content (AvgIpc) is 3.23. The molecule has 1 atom stereocenters. The van der Waals surface area contributed by atoms with E-state index < -0.39 is 0 Å². The average molecular weight is 425 g/mol. The Morgan fingerprint density at radius 1 is 1.07 bits per heavy atom. The lowest BCUT2D eigenvalue weighted by Crippen LogP contribution is -2.37. The van der Waals surface area contributed by atoms with Gasteiger partial charge in [-0.25, -0.2) is 4.98 Å². The van der Waals surface area contributed by atoms with Crippen LogP contribution in [0.25, 0.3) is 5.65 Å². The van der Waals surface area contributed by atoms with Crippen LogP contribution in [0.5, 0.6) is 0 Å². The van der Waals surface area contributed by atoms with E-state index in [4.69, 9.17) is 11.6 Å². The summed E-state index contributed by atoms with van der Waals surface area (Å²) in [5.74, 6) is 2.00. The first-order chi connectivity index (χ1) is 14.7. The van der Waals surface area contributed by atoms with Gasteiger partial charge in [0.25, 0.3) is 5.91 Å². The summed E-state index contributed by atoms with van der Waals surface area (Å²) in [6, 6.07) is 7.71. The number of likely N-dealkylation sites (tertiary alicyclic amines) is 1. The molecule has 0 radical (unpaired) electrons. The molecule has 0 N–H and O–H groups in total. The third-order valence-electron chi connectivity index (χ3n) is 6.14. The van der Waals surface area contributed by atoms with E-state index in [2.05, 4.69) is 24.5 Å². The summed E-state index contributed by atoms with van der Waals surface area (Å²) in [5.41, 5.74) is 1.43.